The lowest BCUT2D eigenvalue weighted by molar-refractivity contribution is -0.146. The molecule has 0 unspecified atom stereocenters. The molecule has 0 saturated carbocycles. The minimum Gasteiger partial charge on any atom is -0.470 e. The number of ether oxygens (including phenoxy) is 2. The Labute approximate surface area is 143 Å². The maximum Gasteiger partial charge on any atom is 0.309 e. The van der Waals surface area contributed by atoms with E-state index in [1.165, 1.54) is 5.38 Å². The lowest BCUT2D eigenvalue weighted by atomic mass is 10.2. The second kappa shape index (κ2) is 14.3. The first kappa shape index (κ1) is 24.0. The zero-order valence-electron chi connectivity index (χ0n) is 15.5. The number of rotatable bonds is 8. The highest BCUT2D eigenvalue weighted by Gasteiger charge is 2.08. The van der Waals surface area contributed by atoms with Gasteiger partial charge >= 0.3 is 11.9 Å². The number of thioether (sulfide) groups is 1. The van der Waals surface area contributed by atoms with Gasteiger partial charge in [0.2, 0.25) is 0 Å². The Kier molecular flexibility index (Phi) is 15.6. The fraction of sp³-hybridized carbons (Fsp3) is 0.867. The minimum atomic E-state index is -0.711. The van der Waals surface area contributed by atoms with Crippen molar-refractivity contribution in [2.75, 3.05) is 17.5 Å². The van der Waals surface area contributed by atoms with Crippen LogP contribution in [0.15, 0.2) is 0 Å². The lowest BCUT2D eigenvalue weighted by Crippen LogP contribution is -2.19. The van der Waals surface area contributed by atoms with Gasteiger partial charge in [-0.25, -0.2) is 0 Å². The third kappa shape index (κ3) is 17.8. The molecule has 0 aliphatic heterocycles. The zero-order chi connectivity index (χ0) is 17.7. The molecule has 0 aliphatic carbocycles. The first-order valence-electron chi connectivity index (χ1n) is 7.98. The maximum atomic E-state index is 11.0. The Morgan fingerprint density at radius 2 is 1.32 bits per heavy atom. The zero-order valence-corrected chi connectivity index (χ0v) is 18.6. The average Bonchev–Trinajstić information content (AvgIpc) is 2.40. The van der Waals surface area contributed by atoms with E-state index in [2.05, 4.69) is 26.2 Å². The molecular formula is C15H34O4SSi2. The highest BCUT2D eigenvalue weighted by Crippen LogP contribution is 2.05. The van der Waals surface area contributed by atoms with Crippen molar-refractivity contribution < 1.29 is 19.1 Å². The summed E-state index contributed by atoms with van der Waals surface area (Å²) in [7, 11) is -1.20. The van der Waals surface area contributed by atoms with Gasteiger partial charge in [0.05, 0.1) is 26.9 Å². The fourth-order valence-corrected chi connectivity index (χ4v) is 3.93. The van der Waals surface area contributed by atoms with Gasteiger partial charge in [0.1, 0.15) is 5.94 Å². The Bertz CT molecular complexity index is 308. The summed E-state index contributed by atoms with van der Waals surface area (Å²) in [5, 5.41) is 1.19. The SMILES string of the molecule is CC(C)C(=O)OCSC[SiH](C)C.CC(C)C(=O)OC[SiH](C)C. The van der Waals surface area contributed by atoms with Crippen molar-refractivity contribution in [1.29, 1.82) is 0 Å². The molecule has 4 nitrogen and oxygen atoms in total. The van der Waals surface area contributed by atoms with Crippen molar-refractivity contribution in [1.82, 2.24) is 0 Å². The normalized spacial score (nSPS) is 10.7. The van der Waals surface area contributed by atoms with Crippen molar-refractivity contribution in [3.63, 3.8) is 0 Å². The van der Waals surface area contributed by atoms with E-state index in [9.17, 15) is 9.59 Å². The van der Waals surface area contributed by atoms with Gasteiger partial charge < -0.3 is 9.47 Å². The molecule has 0 aromatic heterocycles. The van der Waals surface area contributed by atoms with Crippen molar-refractivity contribution in [2.24, 2.45) is 11.8 Å². The number of hydrogen-bond acceptors (Lipinski definition) is 5. The maximum absolute atomic E-state index is 11.0. The van der Waals surface area contributed by atoms with Crippen LogP contribution in [-0.4, -0.2) is 47.1 Å². The van der Waals surface area contributed by atoms with Crippen LogP contribution < -0.4 is 0 Å². The predicted octanol–water partition coefficient (Wildman–Crippen LogP) is 3.11. The standard InChI is InChI=1S/C8H18O2SSi.C7H16O2Si/c1-7(2)8(9)10-5-11-6-12(3)4;1-6(2)7(8)9-5-10(3)4/h7,12H,5-6H2,1-4H3;6,10H,5H2,1-4H3. The molecule has 132 valence electrons. The van der Waals surface area contributed by atoms with E-state index in [-0.39, 0.29) is 23.8 Å². The number of hydrogen-bond donors (Lipinski definition) is 0. The third-order valence-corrected chi connectivity index (χ3v) is 6.96. The molecule has 0 amide bonds. The van der Waals surface area contributed by atoms with Gasteiger partial charge in [0.15, 0.2) is 0 Å². The van der Waals surface area contributed by atoms with Gasteiger partial charge in [-0.3, -0.25) is 9.59 Å². The van der Waals surface area contributed by atoms with Crippen LogP contribution in [0.2, 0.25) is 26.2 Å². The molecule has 0 radical (unpaired) electrons. The van der Waals surface area contributed by atoms with E-state index in [0.717, 1.165) is 0 Å². The first-order chi connectivity index (χ1) is 10.1. The Morgan fingerprint density at radius 1 is 0.864 bits per heavy atom. The van der Waals surface area contributed by atoms with Gasteiger partial charge in [-0.05, 0) is 5.38 Å². The molecule has 22 heavy (non-hydrogen) atoms. The lowest BCUT2D eigenvalue weighted by Gasteiger charge is -2.07. The largest absolute Gasteiger partial charge is 0.470 e. The fourth-order valence-electron chi connectivity index (χ4n) is 0.966. The summed E-state index contributed by atoms with van der Waals surface area (Å²) in [6.07, 6.45) is 0.678. The van der Waals surface area contributed by atoms with Crippen molar-refractivity contribution in [3.8, 4) is 0 Å². The van der Waals surface area contributed by atoms with Crippen LogP contribution in [0.3, 0.4) is 0 Å². The molecule has 0 aromatic carbocycles. The molecular weight excluding hydrogens is 332 g/mol. The number of carbonyl (C=O) groups is 2. The van der Waals surface area contributed by atoms with Gasteiger partial charge in [-0.2, -0.15) is 0 Å². The number of esters is 2. The predicted molar refractivity (Wildman–Crippen MR) is 102 cm³/mol. The summed E-state index contributed by atoms with van der Waals surface area (Å²) >= 11 is 1.73. The number of carbonyl (C=O) groups excluding carboxylic acids is 2. The van der Waals surface area contributed by atoms with Crippen molar-refractivity contribution in [3.05, 3.63) is 0 Å². The molecule has 0 spiro atoms. The molecule has 0 bridgehead atoms. The molecule has 0 atom stereocenters. The molecule has 0 aliphatic rings. The van der Waals surface area contributed by atoms with Crippen molar-refractivity contribution in [2.45, 2.75) is 53.9 Å². The second-order valence-corrected chi connectivity index (χ2v) is 14.6. The summed E-state index contributed by atoms with van der Waals surface area (Å²) < 4.78 is 9.99. The molecule has 0 N–H and O–H groups in total. The first-order valence-corrected chi connectivity index (χ1v) is 15.4. The molecule has 0 heterocycles. The Balaban J connectivity index is 0. The van der Waals surface area contributed by atoms with Gasteiger partial charge in [-0.1, -0.05) is 53.9 Å². The molecule has 0 aromatic rings. The van der Waals surface area contributed by atoms with Crippen molar-refractivity contribution >= 4 is 41.3 Å². The van der Waals surface area contributed by atoms with Gasteiger partial charge in [0, 0.05) is 8.80 Å². The van der Waals surface area contributed by atoms with Crippen LogP contribution in [0.4, 0.5) is 0 Å². The minimum absolute atomic E-state index is 0.00175. The van der Waals surface area contributed by atoms with E-state index in [1.54, 1.807) is 11.8 Å². The smallest absolute Gasteiger partial charge is 0.309 e. The highest BCUT2D eigenvalue weighted by molar-refractivity contribution is 8.00. The van der Waals surface area contributed by atoms with E-state index in [1.807, 2.05) is 27.7 Å². The summed E-state index contributed by atoms with van der Waals surface area (Å²) in [5.41, 5.74) is 0. The third-order valence-electron chi connectivity index (χ3n) is 2.24. The van der Waals surface area contributed by atoms with Gasteiger partial charge in [0.25, 0.3) is 0 Å². The summed E-state index contributed by atoms with van der Waals surface area (Å²) in [6, 6.07) is 0. The molecule has 0 fully saturated rings. The Hall–Kier alpha value is -0.276. The van der Waals surface area contributed by atoms with Crippen LogP contribution in [0.1, 0.15) is 27.7 Å². The van der Waals surface area contributed by atoms with Crippen LogP contribution in [-0.2, 0) is 19.1 Å². The van der Waals surface area contributed by atoms with Crippen LogP contribution >= 0.6 is 11.8 Å². The van der Waals surface area contributed by atoms with Crippen LogP contribution in [0, 0.1) is 11.8 Å². The van der Waals surface area contributed by atoms with E-state index < -0.39 is 17.6 Å². The van der Waals surface area contributed by atoms with E-state index in [0.29, 0.717) is 12.2 Å². The van der Waals surface area contributed by atoms with Gasteiger partial charge in [-0.15, -0.1) is 11.8 Å². The summed E-state index contributed by atoms with van der Waals surface area (Å²) in [6.45, 7) is 16.3. The van der Waals surface area contributed by atoms with Crippen LogP contribution in [0.5, 0.6) is 0 Å². The molecule has 0 saturated heterocycles. The topological polar surface area (TPSA) is 52.6 Å². The highest BCUT2D eigenvalue weighted by atomic mass is 32.2. The average molecular weight is 367 g/mol. The summed E-state index contributed by atoms with van der Waals surface area (Å²) in [4.78, 5) is 21.8. The van der Waals surface area contributed by atoms with E-state index >= 15 is 0 Å². The summed E-state index contributed by atoms with van der Waals surface area (Å²) in [5.74, 6) is 0.395. The monoisotopic (exact) mass is 366 g/mol. The molecule has 0 rings (SSSR count). The van der Waals surface area contributed by atoms with E-state index in [4.69, 9.17) is 9.47 Å². The van der Waals surface area contributed by atoms with Crippen LogP contribution in [0.25, 0.3) is 0 Å². The second-order valence-electron chi connectivity index (χ2n) is 6.68. The molecule has 7 heteroatoms. The quantitative estimate of drug-likeness (QED) is 0.286. The Morgan fingerprint density at radius 3 is 1.68 bits per heavy atom.